The first-order valence-corrected chi connectivity index (χ1v) is 7.56. The van der Waals surface area contributed by atoms with Gasteiger partial charge in [0.15, 0.2) is 0 Å². The topological polar surface area (TPSA) is 17.1 Å². The van der Waals surface area contributed by atoms with E-state index in [9.17, 15) is 4.21 Å². The van der Waals surface area contributed by atoms with Gasteiger partial charge in [-0.3, -0.25) is 0 Å². The number of allylic oxidation sites excluding steroid dienone is 1. The van der Waals surface area contributed by atoms with Gasteiger partial charge < -0.3 is 0 Å². The van der Waals surface area contributed by atoms with Crippen LogP contribution < -0.4 is 0 Å². The zero-order valence-electron chi connectivity index (χ0n) is 9.49. The summed E-state index contributed by atoms with van der Waals surface area (Å²) in [4.78, 5) is 0.856. The number of benzene rings is 1. The molecule has 0 radical (unpaired) electrons. The summed E-state index contributed by atoms with van der Waals surface area (Å²) in [6, 6.07) is 9.52. The van der Waals surface area contributed by atoms with Crippen molar-refractivity contribution in [2.45, 2.75) is 37.5 Å². The van der Waals surface area contributed by atoms with Crippen molar-refractivity contribution in [3.05, 3.63) is 40.2 Å². The van der Waals surface area contributed by atoms with Gasteiger partial charge in [-0.05, 0) is 25.0 Å². The second-order valence-electron chi connectivity index (χ2n) is 3.63. The Labute approximate surface area is 109 Å². The molecule has 1 atom stereocenters. The van der Waals surface area contributed by atoms with Crippen molar-refractivity contribution in [3.63, 3.8) is 0 Å². The standard InChI is InChI=1S/C13H17BrOS/c1-2-3-5-8-12(14)11-16(15)13-9-6-4-7-10-13/h4,6-7,9-11H,2-3,5,8H2,1H3/b12-11-. The molecule has 0 fully saturated rings. The van der Waals surface area contributed by atoms with Crippen LogP contribution in [0.2, 0.25) is 0 Å². The molecule has 0 saturated carbocycles. The summed E-state index contributed by atoms with van der Waals surface area (Å²) in [5.74, 6) is 0. The van der Waals surface area contributed by atoms with E-state index in [4.69, 9.17) is 0 Å². The lowest BCUT2D eigenvalue weighted by molar-refractivity contribution is 0.688. The van der Waals surface area contributed by atoms with Crippen molar-refractivity contribution in [3.8, 4) is 0 Å². The molecule has 0 spiro atoms. The van der Waals surface area contributed by atoms with Gasteiger partial charge in [0, 0.05) is 14.8 Å². The first-order valence-electron chi connectivity index (χ1n) is 5.56. The van der Waals surface area contributed by atoms with Gasteiger partial charge in [-0.2, -0.15) is 0 Å². The van der Waals surface area contributed by atoms with Gasteiger partial charge in [0.05, 0.1) is 10.8 Å². The Balaban J connectivity index is 2.52. The van der Waals surface area contributed by atoms with Gasteiger partial charge in [-0.25, -0.2) is 4.21 Å². The molecular formula is C13H17BrOS. The fraction of sp³-hybridized carbons (Fsp3) is 0.385. The summed E-state index contributed by atoms with van der Waals surface area (Å²) in [5.41, 5.74) is 0. The smallest absolute Gasteiger partial charge is 0.0784 e. The van der Waals surface area contributed by atoms with Gasteiger partial charge >= 0.3 is 0 Å². The first kappa shape index (κ1) is 13.7. The van der Waals surface area contributed by atoms with Crippen molar-refractivity contribution < 1.29 is 4.21 Å². The van der Waals surface area contributed by atoms with Crippen molar-refractivity contribution in [2.24, 2.45) is 0 Å². The fourth-order valence-corrected chi connectivity index (χ4v) is 3.04. The zero-order chi connectivity index (χ0) is 11.8. The van der Waals surface area contributed by atoms with Gasteiger partial charge in [0.25, 0.3) is 0 Å². The van der Waals surface area contributed by atoms with E-state index in [1.165, 1.54) is 12.8 Å². The second-order valence-corrected chi connectivity index (χ2v) is 5.95. The fourth-order valence-electron chi connectivity index (χ4n) is 1.34. The molecule has 1 nitrogen and oxygen atoms in total. The van der Waals surface area contributed by atoms with E-state index < -0.39 is 10.8 Å². The molecule has 0 aliphatic carbocycles. The molecule has 16 heavy (non-hydrogen) atoms. The Morgan fingerprint density at radius 3 is 2.62 bits per heavy atom. The lowest BCUT2D eigenvalue weighted by Gasteiger charge is -1.99. The van der Waals surface area contributed by atoms with Crippen LogP contribution in [-0.2, 0) is 10.8 Å². The predicted octanol–water partition coefficient (Wildman–Crippen LogP) is 4.61. The molecule has 0 saturated heterocycles. The molecule has 0 aliphatic heterocycles. The van der Waals surface area contributed by atoms with Crippen molar-refractivity contribution >= 4 is 26.7 Å². The molecule has 88 valence electrons. The number of hydrogen-bond donors (Lipinski definition) is 0. The number of hydrogen-bond acceptors (Lipinski definition) is 1. The van der Waals surface area contributed by atoms with E-state index in [0.29, 0.717) is 0 Å². The molecule has 1 rings (SSSR count). The van der Waals surface area contributed by atoms with Crippen molar-refractivity contribution in [2.75, 3.05) is 0 Å². The van der Waals surface area contributed by atoms with Gasteiger partial charge in [0.2, 0.25) is 0 Å². The van der Waals surface area contributed by atoms with E-state index in [2.05, 4.69) is 22.9 Å². The lowest BCUT2D eigenvalue weighted by Crippen LogP contribution is -1.87. The minimum Gasteiger partial charge on any atom is -0.250 e. The largest absolute Gasteiger partial charge is 0.250 e. The van der Waals surface area contributed by atoms with Gasteiger partial charge in [0.1, 0.15) is 0 Å². The maximum absolute atomic E-state index is 11.9. The van der Waals surface area contributed by atoms with Crippen LogP contribution in [0.4, 0.5) is 0 Å². The molecule has 0 amide bonds. The summed E-state index contributed by atoms with van der Waals surface area (Å²) < 4.78 is 12.9. The highest BCUT2D eigenvalue weighted by Crippen LogP contribution is 2.18. The lowest BCUT2D eigenvalue weighted by atomic mass is 10.2. The van der Waals surface area contributed by atoms with Crippen LogP contribution in [0.15, 0.2) is 45.1 Å². The number of rotatable bonds is 6. The number of unbranched alkanes of at least 4 members (excludes halogenated alkanes) is 2. The molecule has 0 bridgehead atoms. The van der Waals surface area contributed by atoms with E-state index in [-0.39, 0.29) is 0 Å². The molecule has 0 heterocycles. The highest BCUT2D eigenvalue weighted by atomic mass is 79.9. The molecule has 0 N–H and O–H groups in total. The summed E-state index contributed by atoms with van der Waals surface area (Å²) in [6.07, 6.45) is 4.56. The Hall–Kier alpha value is -0.410. The van der Waals surface area contributed by atoms with E-state index in [0.717, 1.165) is 22.2 Å². The molecule has 1 aromatic carbocycles. The second kappa shape index (κ2) is 7.80. The zero-order valence-corrected chi connectivity index (χ0v) is 11.9. The minimum absolute atomic E-state index is 0.856. The van der Waals surface area contributed by atoms with E-state index >= 15 is 0 Å². The Morgan fingerprint density at radius 2 is 2.00 bits per heavy atom. The maximum atomic E-state index is 11.9. The molecule has 0 aromatic heterocycles. The molecular weight excluding hydrogens is 284 g/mol. The molecule has 1 aromatic rings. The SMILES string of the molecule is CCCCC/C(Br)=C/S(=O)c1ccccc1. The Kier molecular flexibility index (Phi) is 6.65. The monoisotopic (exact) mass is 300 g/mol. The summed E-state index contributed by atoms with van der Waals surface area (Å²) in [5, 5.41) is 1.80. The van der Waals surface area contributed by atoms with Crippen LogP contribution in [0.5, 0.6) is 0 Å². The predicted molar refractivity (Wildman–Crippen MR) is 74.0 cm³/mol. The third-order valence-corrected chi connectivity index (χ3v) is 4.39. The Morgan fingerprint density at radius 1 is 1.31 bits per heavy atom. The number of halogens is 1. The third kappa shape index (κ3) is 5.08. The highest BCUT2D eigenvalue weighted by Gasteiger charge is 2.00. The maximum Gasteiger partial charge on any atom is 0.0784 e. The van der Waals surface area contributed by atoms with Crippen LogP contribution in [0.1, 0.15) is 32.6 Å². The normalized spacial score (nSPS) is 13.8. The summed E-state index contributed by atoms with van der Waals surface area (Å²) in [6.45, 7) is 2.18. The average molecular weight is 301 g/mol. The third-order valence-electron chi connectivity index (χ3n) is 2.23. The Bertz CT molecular complexity index is 359. The first-order chi connectivity index (χ1) is 7.74. The van der Waals surface area contributed by atoms with Crippen LogP contribution in [-0.4, -0.2) is 4.21 Å². The van der Waals surface area contributed by atoms with Crippen molar-refractivity contribution in [1.29, 1.82) is 0 Å². The summed E-state index contributed by atoms with van der Waals surface area (Å²) in [7, 11) is -1.03. The van der Waals surface area contributed by atoms with Gasteiger partial charge in [-0.15, -0.1) is 0 Å². The van der Waals surface area contributed by atoms with E-state index in [1.54, 1.807) is 5.41 Å². The van der Waals surface area contributed by atoms with Crippen molar-refractivity contribution in [1.82, 2.24) is 0 Å². The van der Waals surface area contributed by atoms with E-state index in [1.807, 2.05) is 30.3 Å². The highest BCUT2D eigenvalue weighted by molar-refractivity contribution is 9.11. The molecule has 0 aliphatic rings. The van der Waals surface area contributed by atoms with Gasteiger partial charge in [-0.1, -0.05) is 53.9 Å². The van der Waals surface area contributed by atoms with Crippen LogP contribution >= 0.6 is 15.9 Å². The van der Waals surface area contributed by atoms with Crippen LogP contribution in [0, 0.1) is 0 Å². The van der Waals surface area contributed by atoms with Crippen LogP contribution in [0.3, 0.4) is 0 Å². The average Bonchev–Trinajstić information content (AvgIpc) is 2.30. The molecule has 1 unspecified atom stereocenters. The minimum atomic E-state index is -1.03. The quantitative estimate of drug-likeness (QED) is 0.701. The summed E-state index contributed by atoms with van der Waals surface area (Å²) >= 11 is 3.47. The molecule has 3 heteroatoms. The van der Waals surface area contributed by atoms with Crippen LogP contribution in [0.25, 0.3) is 0 Å².